The van der Waals surface area contributed by atoms with Crippen LogP contribution < -0.4 is 0 Å². The van der Waals surface area contributed by atoms with E-state index >= 15 is 0 Å². The van der Waals surface area contributed by atoms with Crippen molar-refractivity contribution >= 4 is 12.0 Å². The van der Waals surface area contributed by atoms with Crippen molar-refractivity contribution < 1.29 is 31.9 Å². The molecular formula is C11H7F5O2. The summed E-state index contributed by atoms with van der Waals surface area (Å²) in [5.41, 5.74) is -2.59. The Bertz CT molecular complexity index is 517. The summed E-state index contributed by atoms with van der Waals surface area (Å²) in [5, 5.41) is 8.54. The van der Waals surface area contributed by atoms with E-state index in [9.17, 15) is 26.7 Å². The Morgan fingerprint density at radius 2 is 1.72 bits per heavy atom. The zero-order valence-electron chi connectivity index (χ0n) is 8.98. The van der Waals surface area contributed by atoms with Crippen LogP contribution in [0.1, 0.15) is 18.1 Å². The molecule has 0 saturated heterocycles. The molecule has 0 radical (unpaired) electrons. The van der Waals surface area contributed by atoms with Crippen molar-refractivity contribution in [1.82, 2.24) is 0 Å². The molecule has 0 atom stereocenters. The number of rotatable bonds is 2. The number of benzene rings is 1. The van der Waals surface area contributed by atoms with Crippen LogP contribution in [0, 0.1) is 11.6 Å². The van der Waals surface area contributed by atoms with Gasteiger partial charge >= 0.3 is 12.1 Å². The maximum atomic E-state index is 12.9. The number of carbonyl (C=O) groups is 1. The molecule has 98 valence electrons. The second-order valence-corrected chi connectivity index (χ2v) is 3.48. The van der Waals surface area contributed by atoms with Gasteiger partial charge in [-0.25, -0.2) is 13.6 Å². The Hall–Kier alpha value is -1.92. The number of hydrogen-bond acceptors (Lipinski definition) is 1. The van der Waals surface area contributed by atoms with Gasteiger partial charge in [-0.1, -0.05) is 0 Å². The van der Waals surface area contributed by atoms with Crippen molar-refractivity contribution in [3.63, 3.8) is 0 Å². The average molecular weight is 266 g/mol. The third-order valence-corrected chi connectivity index (χ3v) is 2.11. The highest BCUT2D eigenvalue weighted by atomic mass is 19.4. The second-order valence-electron chi connectivity index (χ2n) is 3.48. The molecule has 0 fully saturated rings. The maximum Gasteiger partial charge on any atom is 0.417 e. The van der Waals surface area contributed by atoms with Crippen LogP contribution in [0.2, 0.25) is 0 Å². The number of alkyl halides is 3. The Kier molecular flexibility index (Phi) is 3.73. The molecule has 2 nitrogen and oxygen atoms in total. The standard InChI is InChI=1S/C11H7F5O2/c1-5(10(17)18)2-6-3-8(12)9(13)4-7(6)11(14,15)16/h2-4H,1H3,(H,17,18)/b5-2+. The van der Waals surface area contributed by atoms with E-state index in [1.165, 1.54) is 0 Å². The van der Waals surface area contributed by atoms with Crippen molar-refractivity contribution in [2.45, 2.75) is 13.1 Å². The summed E-state index contributed by atoms with van der Waals surface area (Å²) >= 11 is 0. The first-order valence-electron chi connectivity index (χ1n) is 4.60. The molecule has 1 N–H and O–H groups in total. The first-order chi connectivity index (χ1) is 8.12. The molecule has 0 saturated carbocycles. The molecule has 0 amide bonds. The van der Waals surface area contributed by atoms with E-state index in [2.05, 4.69) is 0 Å². The number of carboxylic acid groups (broad SMARTS) is 1. The van der Waals surface area contributed by atoms with E-state index in [-0.39, 0.29) is 6.07 Å². The molecule has 0 heterocycles. The highest BCUT2D eigenvalue weighted by Crippen LogP contribution is 2.34. The van der Waals surface area contributed by atoms with Crippen molar-refractivity contribution in [2.24, 2.45) is 0 Å². The van der Waals surface area contributed by atoms with Crippen molar-refractivity contribution in [1.29, 1.82) is 0 Å². The topological polar surface area (TPSA) is 37.3 Å². The molecule has 7 heteroatoms. The molecular weight excluding hydrogens is 259 g/mol. The largest absolute Gasteiger partial charge is 0.478 e. The molecule has 0 bridgehead atoms. The molecule has 0 spiro atoms. The number of carboxylic acids is 1. The third kappa shape index (κ3) is 3.06. The molecule has 1 aromatic carbocycles. The lowest BCUT2D eigenvalue weighted by Crippen LogP contribution is -2.09. The van der Waals surface area contributed by atoms with Crippen molar-refractivity contribution in [3.8, 4) is 0 Å². The number of hydrogen-bond donors (Lipinski definition) is 1. The predicted octanol–water partition coefficient (Wildman–Crippen LogP) is 3.47. The van der Waals surface area contributed by atoms with Crippen LogP contribution in [0.5, 0.6) is 0 Å². The third-order valence-electron chi connectivity index (χ3n) is 2.11. The lowest BCUT2D eigenvalue weighted by molar-refractivity contribution is -0.138. The SMILES string of the molecule is C/C(=C\c1cc(F)c(F)cc1C(F)(F)F)C(=O)O. The minimum Gasteiger partial charge on any atom is -0.478 e. The highest BCUT2D eigenvalue weighted by Gasteiger charge is 2.34. The average Bonchev–Trinajstić information content (AvgIpc) is 2.21. The zero-order valence-corrected chi connectivity index (χ0v) is 8.98. The summed E-state index contributed by atoms with van der Waals surface area (Å²) < 4.78 is 63.3. The number of halogens is 5. The van der Waals surface area contributed by atoms with E-state index in [0.717, 1.165) is 6.92 Å². The molecule has 0 aliphatic rings. The van der Waals surface area contributed by atoms with E-state index in [4.69, 9.17) is 5.11 Å². The summed E-state index contributed by atoms with van der Waals surface area (Å²) in [7, 11) is 0. The van der Waals surface area contributed by atoms with Crippen LogP contribution >= 0.6 is 0 Å². The van der Waals surface area contributed by atoms with Gasteiger partial charge in [0.25, 0.3) is 0 Å². The van der Waals surface area contributed by atoms with Crippen molar-refractivity contribution in [2.75, 3.05) is 0 Å². The first-order valence-corrected chi connectivity index (χ1v) is 4.60. The van der Waals surface area contributed by atoms with Crippen LogP contribution in [0.3, 0.4) is 0 Å². The van der Waals surface area contributed by atoms with Gasteiger partial charge in [-0.3, -0.25) is 0 Å². The van der Waals surface area contributed by atoms with Crippen LogP contribution in [-0.2, 0) is 11.0 Å². The predicted molar refractivity (Wildman–Crippen MR) is 52.6 cm³/mol. The van der Waals surface area contributed by atoms with Gasteiger partial charge in [-0.05, 0) is 30.7 Å². The fraction of sp³-hybridized carbons (Fsp3) is 0.182. The molecule has 0 aliphatic heterocycles. The summed E-state index contributed by atoms with van der Waals surface area (Å²) in [6.45, 7) is 1.05. The minimum absolute atomic E-state index is 0.00367. The van der Waals surface area contributed by atoms with Gasteiger partial charge < -0.3 is 5.11 Å². The molecule has 0 unspecified atom stereocenters. The minimum atomic E-state index is -4.90. The van der Waals surface area contributed by atoms with Crippen LogP contribution in [0.4, 0.5) is 22.0 Å². The van der Waals surface area contributed by atoms with Gasteiger partial charge in [0, 0.05) is 5.57 Å². The first kappa shape index (κ1) is 14.1. The second kappa shape index (κ2) is 4.75. The lowest BCUT2D eigenvalue weighted by Gasteiger charge is -2.11. The Morgan fingerprint density at radius 3 is 2.17 bits per heavy atom. The van der Waals surface area contributed by atoms with Crippen LogP contribution in [0.25, 0.3) is 6.08 Å². The van der Waals surface area contributed by atoms with Gasteiger partial charge in [-0.2, -0.15) is 13.2 Å². The van der Waals surface area contributed by atoms with E-state index < -0.39 is 40.5 Å². The normalized spacial score (nSPS) is 12.7. The van der Waals surface area contributed by atoms with Gasteiger partial charge in [0.05, 0.1) is 5.56 Å². The summed E-state index contributed by atoms with van der Waals surface area (Å²) in [4.78, 5) is 10.5. The summed E-state index contributed by atoms with van der Waals surface area (Å²) in [6, 6.07) is 0.306. The van der Waals surface area contributed by atoms with Gasteiger partial charge in [0.1, 0.15) is 0 Å². The molecule has 1 rings (SSSR count). The lowest BCUT2D eigenvalue weighted by atomic mass is 10.0. The summed E-state index contributed by atoms with van der Waals surface area (Å²) in [5.74, 6) is -4.58. The van der Waals surface area contributed by atoms with Crippen LogP contribution in [0.15, 0.2) is 17.7 Å². The van der Waals surface area contributed by atoms with Crippen LogP contribution in [-0.4, -0.2) is 11.1 Å². The summed E-state index contributed by atoms with van der Waals surface area (Å²) in [6.07, 6.45) is -4.27. The van der Waals surface area contributed by atoms with E-state index in [0.29, 0.717) is 12.1 Å². The maximum absolute atomic E-state index is 12.9. The number of aliphatic carboxylic acids is 1. The van der Waals surface area contributed by atoms with Gasteiger partial charge in [-0.15, -0.1) is 0 Å². The smallest absolute Gasteiger partial charge is 0.417 e. The van der Waals surface area contributed by atoms with Crippen molar-refractivity contribution in [3.05, 3.63) is 40.5 Å². The fourth-order valence-electron chi connectivity index (χ4n) is 1.22. The fourth-order valence-corrected chi connectivity index (χ4v) is 1.22. The van der Waals surface area contributed by atoms with E-state index in [1.54, 1.807) is 0 Å². The highest BCUT2D eigenvalue weighted by molar-refractivity contribution is 5.91. The molecule has 0 aliphatic carbocycles. The zero-order chi connectivity index (χ0) is 14.1. The Labute approximate surface area is 98.3 Å². The van der Waals surface area contributed by atoms with E-state index in [1.807, 2.05) is 0 Å². The van der Waals surface area contributed by atoms with Gasteiger partial charge in [0.15, 0.2) is 11.6 Å². The molecule has 1 aromatic rings. The Morgan fingerprint density at radius 1 is 1.22 bits per heavy atom. The molecule has 0 aromatic heterocycles. The Balaban J connectivity index is 3.47. The quantitative estimate of drug-likeness (QED) is 0.657. The monoisotopic (exact) mass is 266 g/mol. The van der Waals surface area contributed by atoms with Gasteiger partial charge in [0.2, 0.25) is 0 Å². The molecule has 18 heavy (non-hydrogen) atoms.